The summed E-state index contributed by atoms with van der Waals surface area (Å²) in [5, 5.41) is 5.88. The van der Waals surface area contributed by atoms with Gasteiger partial charge in [-0.15, -0.1) is 0 Å². The number of nitrogens with zero attached hydrogens (tertiary/aromatic N) is 1. The van der Waals surface area contributed by atoms with Crippen molar-refractivity contribution in [3.63, 3.8) is 0 Å². The highest BCUT2D eigenvalue weighted by atomic mass is 16.2. The average Bonchev–Trinajstić information content (AvgIpc) is 3.43. The van der Waals surface area contributed by atoms with Crippen LogP contribution in [0.4, 0.5) is 5.69 Å². The van der Waals surface area contributed by atoms with E-state index >= 15 is 0 Å². The largest absolute Gasteiger partial charge is 0.350 e. The molecule has 5 heteroatoms. The first kappa shape index (κ1) is 17.1. The topological polar surface area (TPSA) is 71.1 Å². The molecule has 5 nitrogen and oxygen atoms in total. The Hall–Kier alpha value is -2.69. The second kappa shape index (κ2) is 7.47. The Morgan fingerprint density at radius 2 is 1.92 bits per heavy atom. The van der Waals surface area contributed by atoms with Crippen molar-refractivity contribution in [2.24, 2.45) is 11.8 Å². The van der Waals surface area contributed by atoms with E-state index < -0.39 is 0 Å². The average molecular weight is 337 g/mol. The SMILES string of the molecule is CCc1cccc(C)c1NC(=O)C1CC1C(=O)NCc1ccccn1. The van der Waals surface area contributed by atoms with E-state index in [1.165, 1.54) is 0 Å². The summed E-state index contributed by atoms with van der Waals surface area (Å²) >= 11 is 0. The van der Waals surface area contributed by atoms with E-state index in [4.69, 9.17) is 0 Å². The number of nitrogens with one attached hydrogen (secondary N) is 2. The molecule has 0 aliphatic heterocycles. The summed E-state index contributed by atoms with van der Waals surface area (Å²) in [5.41, 5.74) is 3.86. The number of aromatic nitrogens is 1. The van der Waals surface area contributed by atoms with E-state index in [9.17, 15) is 9.59 Å². The Morgan fingerprint density at radius 3 is 2.64 bits per heavy atom. The van der Waals surface area contributed by atoms with Crippen LogP contribution in [0.1, 0.15) is 30.2 Å². The smallest absolute Gasteiger partial charge is 0.228 e. The van der Waals surface area contributed by atoms with Crippen molar-refractivity contribution in [1.82, 2.24) is 10.3 Å². The highest BCUT2D eigenvalue weighted by Crippen LogP contribution is 2.40. The molecule has 1 heterocycles. The van der Waals surface area contributed by atoms with Gasteiger partial charge in [0.1, 0.15) is 0 Å². The predicted molar refractivity (Wildman–Crippen MR) is 96.9 cm³/mol. The first-order valence-corrected chi connectivity index (χ1v) is 8.67. The van der Waals surface area contributed by atoms with Crippen molar-refractivity contribution in [1.29, 1.82) is 0 Å². The van der Waals surface area contributed by atoms with Gasteiger partial charge >= 0.3 is 0 Å². The van der Waals surface area contributed by atoms with Crippen molar-refractivity contribution in [3.8, 4) is 0 Å². The summed E-state index contributed by atoms with van der Waals surface area (Å²) in [6.45, 7) is 4.44. The zero-order chi connectivity index (χ0) is 17.8. The summed E-state index contributed by atoms with van der Waals surface area (Å²) in [6.07, 6.45) is 3.16. The second-order valence-electron chi connectivity index (χ2n) is 6.44. The third kappa shape index (κ3) is 4.05. The molecule has 1 aliphatic rings. The van der Waals surface area contributed by atoms with Gasteiger partial charge in [0.15, 0.2) is 0 Å². The fourth-order valence-electron chi connectivity index (χ4n) is 3.00. The van der Waals surface area contributed by atoms with E-state index in [1.54, 1.807) is 6.20 Å². The molecular weight excluding hydrogens is 314 g/mol. The van der Waals surface area contributed by atoms with E-state index in [-0.39, 0.29) is 23.7 Å². The molecule has 1 aliphatic carbocycles. The monoisotopic (exact) mass is 337 g/mol. The molecule has 2 unspecified atom stereocenters. The van der Waals surface area contributed by atoms with Gasteiger partial charge < -0.3 is 10.6 Å². The van der Waals surface area contributed by atoms with E-state index in [0.29, 0.717) is 13.0 Å². The van der Waals surface area contributed by atoms with Crippen LogP contribution in [0, 0.1) is 18.8 Å². The Bertz CT molecular complexity index is 774. The molecule has 1 fully saturated rings. The van der Waals surface area contributed by atoms with Gasteiger partial charge in [0.05, 0.1) is 24.1 Å². The van der Waals surface area contributed by atoms with Crippen molar-refractivity contribution in [2.45, 2.75) is 33.2 Å². The minimum absolute atomic E-state index is 0.0676. The minimum atomic E-state index is -0.243. The number of carbonyl (C=O) groups excluding carboxylic acids is 2. The van der Waals surface area contributed by atoms with Crippen LogP contribution in [0.5, 0.6) is 0 Å². The second-order valence-corrected chi connectivity index (χ2v) is 6.44. The Morgan fingerprint density at radius 1 is 1.12 bits per heavy atom. The zero-order valence-corrected chi connectivity index (χ0v) is 14.6. The van der Waals surface area contributed by atoms with Gasteiger partial charge in [-0.2, -0.15) is 0 Å². The van der Waals surface area contributed by atoms with Gasteiger partial charge in [-0.05, 0) is 43.0 Å². The number of amides is 2. The van der Waals surface area contributed by atoms with Crippen LogP contribution >= 0.6 is 0 Å². The molecule has 25 heavy (non-hydrogen) atoms. The maximum atomic E-state index is 12.5. The molecule has 1 aromatic carbocycles. The van der Waals surface area contributed by atoms with Crippen LogP contribution < -0.4 is 10.6 Å². The fraction of sp³-hybridized carbons (Fsp3) is 0.350. The van der Waals surface area contributed by atoms with Gasteiger partial charge in [0.25, 0.3) is 0 Å². The molecule has 2 N–H and O–H groups in total. The number of rotatable bonds is 6. The molecule has 0 radical (unpaired) electrons. The molecule has 130 valence electrons. The van der Waals surface area contributed by atoms with Crippen molar-refractivity contribution in [3.05, 3.63) is 59.4 Å². The summed E-state index contributed by atoms with van der Waals surface area (Å²) < 4.78 is 0. The molecule has 1 aromatic heterocycles. The number of hydrogen-bond donors (Lipinski definition) is 2. The molecule has 3 rings (SSSR count). The molecule has 1 saturated carbocycles. The number of anilines is 1. The minimum Gasteiger partial charge on any atom is -0.350 e. The summed E-state index contributed by atoms with van der Waals surface area (Å²) in [6, 6.07) is 11.6. The van der Waals surface area contributed by atoms with E-state index in [2.05, 4.69) is 22.5 Å². The maximum absolute atomic E-state index is 12.5. The lowest BCUT2D eigenvalue weighted by atomic mass is 10.1. The number of pyridine rings is 1. The molecule has 2 aromatic rings. The molecular formula is C20H23N3O2. The zero-order valence-electron chi connectivity index (χ0n) is 14.6. The van der Waals surface area contributed by atoms with E-state index in [0.717, 1.165) is 28.9 Å². The molecule has 2 atom stereocenters. The Labute approximate surface area is 147 Å². The van der Waals surface area contributed by atoms with Crippen molar-refractivity contribution in [2.75, 3.05) is 5.32 Å². The van der Waals surface area contributed by atoms with Crippen LogP contribution in [0.15, 0.2) is 42.6 Å². The lowest BCUT2D eigenvalue weighted by molar-refractivity contribution is -0.125. The lowest BCUT2D eigenvalue weighted by Crippen LogP contribution is -2.27. The first-order valence-electron chi connectivity index (χ1n) is 8.67. The maximum Gasteiger partial charge on any atom is 0.228 e. The lowest BCUT2D eigenvalue weighted by Gasteiger charge is -2.13. The number of benzene rings is 1. The quantitative estimate of drug-likeness (QED) is 0.851. The third-order valence-electron chi connectivity index (χ3n) is 4.62. The molecule has 0 bridgehead atoms. The fourth-order valence-corrected chi connectivity index (χ4v) is 3.00. The van der Waals surface area contributed by atoms with Gasteiger partial charge in [-0.25, -0.2) is 0 Å². The van der Waals surface area contributed by atoms with Crippen LogP contribution in [0.3, 0.4) is 0 Å². The number of para-hydroxylation sites is 1. The van der Waals surface area contributed by atoms with Gasteiger partial charge in [0, 0.05) is 11.9 Å². The molecule has 2 amide bonds. The third-order valence-corrected chi connectivity index (χ3v) is 4.62. The van der Waals surface area contributed by atoms with Crippen molar-refractivity contribution >= 4 is 17.5 Å². The van der Waals surface area contributed by atoms with Gasteiger partial charge in [-0.1, -0.05) is 31.2 Å². The van der Waals surface area contributed by atoms with Crippen LogP contribution in [0.2, 0.25) is 0 Å². The number of hydrogen-bond acceptors (Lipinski definition) is 3. The Balaban J connectivity index is 1.55. The summed E-state index contributed by atoms with van der Waals surface area (Å²) in [7, 11) is 0. The summed E-state index contributed by atoms with van der Waals surface area (Å²) in [4.78, 5) is 28.9. The Kier molecular flexibility index (Phi) is 5.12. The number of carbonyl (C=O) groups is 2. The van der Waals surface area contributed by atoms with Crippen LogP contribution in [-0.4, -0.2) is 16.8 Å². The standard InChI is InChI=1S/C20H23N3O2/c1-3-14-8-6-7-13(2)18(14)23-20(25)17-11-16(17)19(24)22-12-15-9-4-5-10-21-15/h4-10,16-17H,3,11-12H2,1-2H3,(H,22,24)(H,23,25). The van der Waals surface area contributed by atoms with Gasteiger partial charge in [0.2, 0.25) is 11.8 Å². The normalized spacial score (nSPS) is 18.5. The van der Waals surface area contributed by atoms with Crippen LogP contribution in [-0.2, 0) is 22.6 Å². The number of aryl methyl sites for hydroxylation is 2. The highest BCUT2D eigenvalue weighted by molar-refractivity contribution is 6.00. The first-order chi connectivity index (χ1) is 12.1. The molecule has 0 spiro atoms. The predicted octanol–water partition coefficient (Wildman–Crippen LogP) is 2.84. The van der Waals surface area contributed by atoms with E-state index in [1.807, 2.05) is 43.3 Å². The highest BCUT2D eigenvalue weighted by Gasteiger charge is 2.48. The molecule has 0 saturated heterocycles. The van der Waals surface area contributed by atoms with Gasteiger partial charge in [-0.3, -0.25) is 14.6 Å². The van der Waals surface area contributed by atoms with Crippen molar-refractivity contribution < 1.29 is 9.59 Å². The van der Waals surface area contributed by atoms with Crippen LogP contribution in [0.25, 0.3) is 0 Å². The summed E-state index contributed by atoms with van der Waals surface area (Å²) in [5.74, 6) is -0.626.